The maximum atomic E-state index is 12.6. The molecule has 1 N–H and O–H groups in total. The second-order valence-corrected chi connectivity index (χ2v) is 6.50. The molecule has 1 unspecified atom stereocenters. The number of nitrogens with zero attached hydrogens (tertiary/aromatic N) is 1. The van der Waals surface area contributed by atoms with Crippen LogP contribution in [0.25, 0.3) is 0 Å². The van der Waals surface area contributed by atoms with Gasteiger partial charge in [0.25, 0.3) is 5.91 Å². The van der Waals surface area contributed by atoms with Crippen molar-refractivity contribution in [3.63, 3.8) is 0 Å². The van der Waals surface area contributed by atoms with Crippen molar-refractivity contribution in [3.05, 3.63) is 89.2 Å². The normalized spacial score (nSPS) is 13.2. The molecule has 1 aromatic heterocycles. The molecular weight excluding hydrogens is 340 g/mol. The number of benzene rings is 2. The highest BCUT2D eigenvalue weighted by molar-refractivity contribution is 5.95. The molecule has 0 saturated carbocycles. The number of fused-ring (bicyclic) bond motifs is 1. The Hall–Kier alpha value is -3.34. The van der Waals surface area contributed by atoms with Crippen LogP contribution >= 0.6 is 0 Å². The van der Waals surface area contributed by atoms with Crippen molar-refractivity contribution in [2.75, 3.05) is 13.3 Å². The first-order valence-electron chi connectivity index (χ1n) is 8.86. The van der Waals surface area contributed by atoms with E-state index in [0.717, 1.165) is 11.3 Å². The number of nitrogens with one attached hydrogen (secondary N) is 1. The summed E-state index contributed by atoms with van der Waals surface area (Å²) in [6.07, 6.45) is 1.77. The van der Waals surface area contributed by atoms with Crippen molar-refractivity contribution in [2.45, 2.75) is 12.8 Å². The number of carbonyl (C=O) groups is 1. The molecule has 136 valence electrons. The smallest absolute Gasteiger partial charge is 0.251 e. The minimum atomic E-state index is -0.152. The van der Waals surface area contributed by atoms with Gasteiger partial charge in [0.15, 0.2) is 11.5 Å². The summed E-state index contributed by atoms with van der Waals surface area (Å²) in [4.78, 5) is 17.1. The summed E-state index contributed by atoms with van der Waals surface area (Å²) in [6, 6.07) is 19.4. The summed E-state index contributed by atoms with van der Waals surface area (Å²) in [6.45, 7) is 2.70. The maximum Gasteiger partial charge on any atom is 0.251 e. The van der Waals surface area contributed by atoms with Crippen molar-refractivity contribution < 1.29 is 14.3 Å². The SMILES string of the molecule is Cc1ccc(C(CNC(=O)c2ccc3c(c2)OCO3)c2ccccn2)cc1. The summed E-state index contributed by atoms with van der Waals surface area (Å²) in [5, 5.41) is 3.03. The molecule has 4 rings (SSSR count). The van der Waals surface area contributed by atoms with E-state index in [-0.39, 0.29) is 18.6 Å². The van der Waals surface area contributed by atoms with E-state index in [1.54, 1.807) is 24.4 Å². The number of aromatic nitrogens is 1. The van der Waals surface area contributed by atoms with E-state index >= 15 is 0 Å². The van der Waals surface area contributed by atoms with Crippen molar-refractivity contribution >= 4 is 5.91 Å². The zero-order valence-corrected chi connectivity index (χ0v) is 15.0. The molecule has 1 amide bonds. The highest BCUT2D eigenvalue weighted by atomic mass is 16.7. The maximum absolute atomic E-state index is 12.6. The molecule has 2 aromatic carbocycles. The molecule has 5 nitrogen and oxygen atoms in total. The first-order valence-corrected chi connectivity index (χ1v) is 8.86. The van der Waals surface area contributed by atoms with E-state index < -0.39 is 0 Å². The summed E-state index contributed by atoms with van der Waals surface area (Å²) in [5.74, 6) is 1.09. The fourth-order valence-corrected chi connectivity index (χ4v) is 3.11. The van der Waals surface area contributed by atoms with Gasteiger partial charge in [-0.3, -0.25) is 9.78 Å². The van der Waals surface area contributed by atoms with Gasteiger partial charge in [-0.1, -0.05) is 35.9 Å². The Morgan fingerprint density at radius 3 is 2.67 bits per heavy atom. The van der Waals surface area contributed by atoms with Crippen LogP contribution in [0.15, 0.2) is 66.9 Å². The van der Waals surface area contributed by atoms with E-state index in [0.29, 0.717) is 23.6 Å². The molecule has 0 spiro atoms. The molecular formula is C22H20N2O3. The molecule has 0 saturated heterocycles. The Bertz CT molecular complexity index is 940. The second-order valence-electron chi connectivity index (χ2n) is 6.50. The predicted molar refractivity (Wildman–Crippen MR) is 102 cm³/mol. The third-order valence-electron chi connectivity index (χ3n) is 4.63. The Morgan fingerprint density at radius 1 is 1.07 bits per heavy atom. The lowest BCUT2D eigenvalue weighted by Crippen LogP contribution is -2.29. The van der Waals surface area contributed by atoms with Crippen LogP contribution in [0, 0.1) is 6.92 Å². The standard InChI is InChI=1S/C22H20N2O3/c1-15-5-7-16(8-6-15)18(19-4-2-3-11-23-19)13-24-22(25)17-9-10-20-21(12-17)27-14-26-20/h2-12,18H,13-14H2,1H3,(H,24,25). The third-order valence-corrected chi connectivity index (χ3v) is 4.63. The molecule has 0 radical (unpaired) electrons. The van der Waals surface area contributed by atoms with Crippen LogP contribution in [0.3, 0.4) is 0 Å². The molecule has 2 heterocycles. The van der Waals surface area contributed by atoms with Crippen LogP contribution in [0.2, 0.25) is 0 Å². The Morgan fingerprint density at radius 2 is 1.89 bits per heavy atom. The van der Waals surface area contributed by atoms with Gasteiger partial charge >= 0.3 is 0 Å². The summed E-state index contributed by atoms with van der Waals surface area (Å²) < 4.78 is 10.6. The number of hydrogen-bond acceptors (Lipinski definition) is 4. The molecule has 0 bridgehead atoms. The largest absolute Gasteiger partial charge is 0.454 e. The highest BCUT2D eigenvalue weighted by Gasteiger charge is 2.19. The second kappa shape index (κ2) is 7.50. The number of aryl methyl sites for hydroxylation is 1. The van der Waals surface area contributed by atoms with Gasteiger partial charge in [-0.05, 0) is 42.8 Å². The average Bonchev–Trinajstić information content (AvgIpc) is 3.18. The van der Waals surface area contributed by atoms with Crippen molar-refractivity contribution in [1.29, 1.82) is 0 Å². The van der Waals surface area contributed by atoms with Gasteiger partial charge in [-0.15, -0.1) is 0 Å². The van der Waals surface area contributed by atoms with E-state index in [4.69, 9.17) is 9.47 Å². The number of amides is 1. The van der Waals surface area contributed by atoms with Crippen LogP contribution < -0.4 is 14.8 Å². The molecule has 3 aromatic rings. The Balaban J connectivity index is 1.53. The third kappa shape index (κ3) is 3.77. The average molecular weight is 360 g/mol. The van der Waals surface area contributed by atoms with E-state index in [1.165, 1.54) is 5.56 Å². The number of hydrogen-bond donors (Lipinski definition) is 1. The minimum Gasteiger partial charge on any atom is -0.454 e. The van der Waals surface area contributed by atoms with Gasteiger partial charge in [0.1, 0.15) is 0 Å². The molecule has 0 aliphatic carbocycles. The van der Waals surface area contributed by atoms with Crippen LogP contribution in [0.5, 0.6) is 11.5 Å². The van der Waals surface area contributed by atoms with Crippen molar-refractivity contribution in [2.24, 2.45) is 0 Å². The van der Waals surface area contributed by atoms with Crippen LogP contribution in [-0.4, -0.2) is 24.2 Å². The lowest BCUT2D eigenvalue weighted by Gasteiger charge is -2.18. The lowest BCUT2D eigenvalue weighted by atomic mass is 9.94. The quantitative estimate of drug-likeness (QED) is 0.754. The van der Waals surface area contributed by atoms with Gasteiger partial charge in [0.2, 0.25) is 6.79 Å². The first kappa shape index (κ1) is 17.1. The summed E-state index contributed by atoms with van der Waals surface area (Å²) in [5.41, 5.74) is 3.78. The zero-order valence-electron chi connectivity index (χ0n) is 15.0. The summed E-state index contributed by atoms with van der Waals surface area (Å²) >= 11 is 0. The summed E-state index contributed by atoms with van der Waals surface area (Å²) in [7, 11) is 0. The Labute approximate surface area is 158 Å². The van der Waals surface area contributed by atoms with Crippen LogP contribution in [0.1, 0.15) is 33.1 Å². The van der Waals surface area contributed by atoms with Gasteiger partial charge in [-0.2, -0.15) is 0 Å². The van der Waals surface area contributed by atoms with Crippen LogP contribution in [-0.2, 0) is 0 Å². The zero-order chi connectivity index (χ0) is 18.6. The van der Waals surface area contributed by atoms with Crippen molar-refractivity contribution in [3.8, 4) is 11.5 Å². The van der Waals surface area contributed by atoms with Crippen LogP contribution in [0.4, 0.5) is 0 Å². The molecule has 1 atom stereocenters. The molecule has 1 aliphatic heterocycles. The predicted octanol–water partition coefficient (Wildman–Crippen LogP) is 3.68. The molecule has 1 aliphatic rings. The number of pyridine rings is 1. The molecule has 5 heteroatoms. The lowest BCUT2D eigenvalue weighted by molar-refractivity contribution is 0.0952. The molecule has 0 fully saturated rings. The number of rotatable bonds is 5. The van der Waals surface area contributed by atoms with E-state index in [2.05, 4.69) is 41.5 Å². The van der Waals surface area contributed by atoms with Crippen molar-refractivity contribution in [1.82, 2.24) is 10.3 Å². The van der Waals surface area contributed by atoms with Gasteiger partial charge in [0.05, 0.1) is 0 Å². The van der Waals surface area contributed by atoms with Gasteiger partial charge < -0.3 is 14.8 Å². The topological polar surface area (TPSA) is 60.5 Å². The number of ether oxygens (including phenoxy) is 2. The minimum absolute atomic E-state index is 0.0234. The van der Waals surface area contributed by atoms with Gasteiger partial charge in [-0.25, -0.2) is 0 Å². The van der Waals surface area contributed by atoms with Gasteiger partial charge in [0, 0.05) is 29.9 Å². The fraction of sp³-hybridized carbons (Fsp3) is 0.182. The first-order chi connectivity index (χ1) is 13.2. The number of carbonyl (C=O) groups excluding carboxylic acids is 1. The van der Waals surface area contributed by atoms with E-state index in [1.807, 2.05) is 18.2 Å². The monoisotopic (exact) mass is 360 g/mol. The highest BCUT2D eigenvalue weighted by Crippen LogP contribution is 2.32. The Kier molecular flexibility index (Phi) is 4.75. The molecule has 27 heavy (non-hydrogen) atoms. The fourth-order valence-electron chi connectivity index (χ4n) is 3.11. The van der Waals surface area contributed by atoms with E-state index in [9.17, 15) is 4.79 Å².